The normalized spacial score (nSPS) is 26.1. The first-order valence-electron chi connectivity index (χ1n) is 11.8. The standard InChI is InChI=1S/C24H37N3O5S/c1-18(28)26(2)16-24(29)27-15-7-10-22(25-33(3,30)31)23(27)17-32-21-13-11-20(12-14-21)19-8-5-4-6-9-19/h4-6,8-9,20-23,25H,7,10-17H2,1-3H3/t20?,21?,22-,23-/m0/s1. The van der Waals surface area contributed by atoms with Gasteiger partial charge in [-0.3, -0.25) is 9.59 Å². The van der Waals surface area contributed by atoms with E-state index in [4.69, 9.17) is 4.74 Å². The first-order chi connectivity index (χ1) is 15.6. The van der Waals surface area contributed by atoms with Crippen molar-refractivity contribution in [3.8, 4) is 0 Å². The van der Waals surface area contributed by atoms with Gasteiger partial charge in [-0.25, -0.2) is 13.1 Å². The number of benzene rings is 1. The molecule has 0 aromatic heterocycles. The third-order valence-corrected chi connectivity index (χ3v) is 7.55. The zero-order valence-electron chi connectivity index (χ0n) is 19.9. The molecular formula is C24H37N3O5S. The molecule has 0 bridgehead atoms. The second kappa shape index (κ2) is 11.4. The highest BCUT2D eigenvalue weighted by Crippen LogP contribution is 2.34. The Bertz CT molecular complexity index is 900. The van der Waals surface area contributed by atoms with Crippen LogP contribution >= 0.6 is 0 Å². The highest BCUT2D eigenvalue weighted by molar-refractivity contribution is 7.88. The lowest BCUT2D eigenvalue weighted by atomic mass is 9.83. The number of nitrogens with zero attached hydrogens (tertiary/aromatic N) is 2. The summed E-state index contributed by atoms with van der Waals surface area (Å²) in [4.78, 5) is 27.6. The van der Waals surface area contributed by atoms with Gasteiger partial charge in [0, 0.05) is 26.6 Å². The van der Waals surface area contributed by atoms with Crippen LogP contribution in [0.3, 0.4) is 0 Å². The number of hydrogen-bond donors (Lipinski definition) is 1. The summed E-state index contributed by atoms with van der Waals surface area (Å²) >= 11 is 0. The van der Waals surface area contributed by atoms with Crippen molar-refractivity contribution in [3.05, 3.63) is 35.9 Å². The number of likely N-dealkylation sites (tertiary alicyclic amines) is 1. The number of piperidine rings is 1. The van der Waals surface area contributed by atoms with E-state index in [1.165, 1.54) is 17.4 Å². The number of carbonyl (C=O) groups is 2. The van der Waals surface area contributed by atoms with E-state index >= 15 is 0 Å². The van der Waals surface area contributed by atoms with Crippen molar-refractivity contribution < 1.29 is 22.7 Å². The largest absolute Gasteiger partial charge is 0.376 e. The van der Waals surface area contributed by atoms with E-state index in [0.717, 1.165) is 31.9 Å². The Morgan fingerprint density at radius 2 is 1.79 bits per heavy atom. The molecule has 1 N–H and O–H groups in total. The monoisotopic (exact) mass is 479 g/mol. The van der Waals surface area contributed by atoms with Gasteiger partial charge in [0.05, 0.1) is 31.6 Å². The molecule has 33 heavy (non-hydrogen) atoms. The first kappa shape index (κ1) is 25.6. The number of hydrogen-bond acceptors (Lipinski definition) is 5. The molecule has 1 saturated heterocycles. The minimum atomic E-state index is -3.43. The zero-order valence-corrected chi connectivity index (χ0v) is 20.7. The van der Waals surface area contributed by atoms with E-state index in [9.17, 15) is 18.0 Å². The minimum Gasteiger partial charge on any atom is -0.376 e. The molecule has 0 unspecified atom stereocenters. The van der Waals surface area contributed by atoms with Crippen LogP contribution in [-0.4, -0.2) is 81.2 Å². The lowest BCUT2D eigenvalue weighted by Crippen LogP contribution is -2.60. The Labute approximate surface area is 197 Å². The SMILES string of the molecule is CC(=O)N(C)CC(=O)N1CCC[C@H](NS(C)(=O)=O)[C@@H]1COC1CCC(c2ccccc2)CC1. The maximum Gasteiger partial charge on any atom is 0.242 e. The predicted octanol–water partition coefficient (Wildman–Crippen LogP) is 2.12. The third-order valence-electron chi connectivity index (χ3n) is 6.82. The molecule has 2 aliphatic rings. The Hall–Kier alpha value is -1.97. The summed E-state index contributed by atoms with van der Waals surface area (Å²) in [6.07, 6.45) is 6.57. The number of amides is 2. The summed E-state index contributed by atoms with van der Waals surface area (Å²) in [5.41, 5.74) is 1.37. The van der Waals surface area contributed by atoms with Gasteiger partial charge in [0.1, 0.15) is 0 Å². The number of ether oxygens (including phenoxy) is 1. The van der Waals surface area contributed by atoms with Gasteiger partial charge in [-0.1, -0.05) is 30.3 Å². The van der Waals surface area contributed by atoms with Gasteiger partial charge in [0.2, 0.25) is 21.8 Å². The molecule has 1 aromatic rings. The molecule has 0 radical (unpaired) electrons. The van der Waals surface area contributed by atoms with Crippen LogP contribution < -0.4 is 4.72 Å². The van der Waals surface area contributed by atoms with Crippen LogP contribution in [0.2, 0.25) is 0 Å². The Kier molecular flexibility index (Phi) is 8.89. The maximum absolute atomic E-state index is 13.0. The molecule has 1 heterocycles. The van der Waals surface area contributed by atoms with Gasteiger partial charge < -0.3 is 14.5 Å². The van der Waals surface area contributed by atoms with Crippen molar-refractivity contribution in [1.82, 2.24) is 14.5 Å². The number of carbonyl (C=O) groups excluding carboxylic acids is 2. The highest BCUT2D eigenvalue weighted by Gasteiger charge is 2.37. The van der Waals surface area contributed by atoms with E-state index in [1.54, 1.807) is 11.9 Å². The van der Waals surface area contributed by atoms with Gasteiger partial charge in [0.25, 0.3) is 0 Å². The van der Waals surface area contributed by atoms with Gasteiger partial charge in [0.15, 0.2) is 0 Å². The van der Waals surface area contributed by atoms with Gasteiger partial charge in [-0.05, 0) is 50.0 Å². The van der Waals surface area contributed by atoms with Gasteiger partial charge in [-0.15, -0.1) is 0 Å². The predicted molar refractivity (Wildman–Crippen MR) is 127 cm³/mol. The molecule has 8 nitrogen and oxygen atoms in total. The van der Waals surface area contributed by atoms with E-state index in [1.807, 2.05) is 6.07 Å². The summed E-state index contributed by atoms with van der Waals surface area (Å²) in [7, 11) is -1.84. The lowest BCUT2D eigenvalue weighted by Gasteiger charge is -2.42. The molecule has 184 valence electrons. The molecule has 1 saturated carbocycles. The van der Waals surface area contributed by atoms with Crippen molar-refractivity contribution in [1.29, 1.82) is 0 Å². The zero-order chi connectivity index (χ0) is 24.0. The molecule has 9 heteroatoms. The number of nitrogens with one attached hydrogen (secondary N) is 1. The van der Waals surface area contributed by atoms with Crippen molar-refractivity contribution in [3.63, 3.8) is 0 Å². The van der Waals surface area contributed by atoms with Crippen LogP contribution in [0.4, 0.5) is 0 Å². The van der Waals surface area contributed by atoms with Crippen molar-refractivity contribution in [2.75, 3.05) is 33.0 Å². The minimum absolute atomic E-state index is 0.0282. The van der Waals surface area contributed by atoms with Crippen molar-refractivity contribution >= 4 is 21.8 Å². The van der Waals surface area contributed by atoms with E-state index in [2.05, 4.69) is 29.0 Å². The molecule has 2 atom stereocenters. The molecule has 2 fully saturated rings. The summed E-state index contributed by atoms with van der Waals surface area (Å²) in [6.45, 7) is 2.20. The second-order valence-corrected chi connectivity index (χ2v) is 11.2. The van der Waals surface area contributed by atoms with E-state index < -0.39 is 22.1 Å². The molecule has 3 rings (SSSR count). The Balaban J connectivity index is 1.63. The van der Waals surface area contributed by atoms with Crippen molar-refractivity contribution in [2.45, 2.75) is 69.6 Å². The average Bonchev–Trinajstić information content (AvgIpc) is 2.78. The van der Waals surface area contributed by atoms with Gasteiger partial charge in [-0.2, -0.15) is 0 Å². The lowest BCUT2D eigenvalue weighted by molar-refractivity contribution is -0.143. The number of likely N-dealkylation sites (N-methyl/N-ethyl adjacent to an activating group) is 1. The topological polar surface area (TPSA) is 96.0 Å². The highest BCUT2D eigenvalue weighted by atomic mass is 32.2. The van der Waals surface area contributed by atoms with Crippen LogP contribution in [-0.2, 0) is 24.3 Å². The summed E-state index contributed by atoms with van der Waals surface area (Å²) in [6, 6.07) is 9.74. The molecular weight excluding hydrogens is 442 g/mol. The van der Waals surface area contributed by atoms with E-state index in [0.29, 0.717) is 25.3 Å². The summed E-state index contributed by atoms with van der Waals surface area (Å²) in [5, 5.41) is 0. The molecule has 1 aliphatic carbocycles. The average molecular weight is 480 g/mol. The van der Waals surface area contributed by atoms with Crippen LogP contribution in [0.5, 0.6) is 0 Å². The third kappa shape index (κ3) is 7.52. The first-order valence-corrected chi connectivity index (χ1v) is 13.7. The Morgan fingerprint density at radius 3 is 2.39 bits per heavy atom. The van der Waals surface area contributed by atoms with E-state index in [-0.39, 0.29) is 31.1 Å². The maximum atomic E-state index is 13.0. The van der Waals surface area contributed by atoms with Crippen LogP contribution in [0.25, 0.3) is 0 Å². The summed E-state index contributed by atoms with van der Waals surface area (Å²) < 4.78 is 32.9. The molecule has 1 aliphatic heterocycles. The second-order valence-electron chi connectivity index (χ2n) is 9.39. The van der Waals surface area contributed by atoms with Gasteiger partial charge >= 0.3 is 0 Å². The molecule has 0 spiro atoms. The fourth-order valence-corrected chi connectivity index (χ4v) is 5.74. The quantitative estimate of drug-likeness (QED) is 0.616. The Morgan fingerprint density at radius 1 is 1.12 bits per heavy atom. The van der Waals surface area contributed by atoms with Crippen LogP contribution in [0.1, 0.15) is 56.9 Å². The van der Waals surface area contributed by atoms with Crippen LogP contribution in [0, 0.1) is 0 Å². The van der Waals surface area contributed by atoms with Crippen LogP contribution in [0.15, 0.2) is 30.3 Å². The molecule has 2 amide bonds. The number of sulfonamides is 1. The smallest absolute Gasteiger partial charge is 0.242 e. The number of rotatable bonds is 8. The van der Waals surface area contributed by atoms with Crippen molar-refractivity contribution in [2.24, 2.45) is 0 Å². The summed E-state index contributed by atoms with van der Waals surface area (Å²) in [5.74, 6) is 0.170. The molecule has 1 aromatic carbocycles. The fourth-order valence-electron chi connectivity index (χ4n) is 4.91. The fraction of sp³-hybridized carbons (Fsp3) is 0.667.